The Morgan fingerprint density at radius 3 is 2.84 bits per heavy atom. The summed E-state index contributed by atoms with van der Waals surface area (Å²) < 4.78 is 5.74. The van der Waals surface area contributed by atoms with Crippen molar-refractivity contribution in [1.82, 2.24) is 4.90 Å². The fourth-order valence-corrected chi connectivity index (χ4v) is 3.68. The smallest absolute Gasteiger partial charge is 0.308 e. The van der Waals surface area contributed by atoms with E-state index in [1.807, 2.05) is 6.92 Å². The molecule has 2 aliphatic rings. The van der Waals surface area contributed by atoms with E-state index < -0.39 is 5.97 Å². The number of carbonyl (C=O) groups is 1. The second-order valence-electron chi connectivity index (χ2n) is 6.14. The van der Waals surface area contributed by atoms with Crippen LogP contribution in [0.15, 0.2) is 0 Å². The summed E-state index contributed by atoms with van der Waals surface area (Å²) in [6.07, 6.45) is 5.44. The molecule has 4 unspecified atom stereocenters. The normalized spacial score (nSPS) is 37.2. The average Bonchev–Trinajstić information content (AvgIpc) is 2.39. The molecule has 1 heterocycles. The molecule has 4 nitrogen and oxygen atoms in total. The molecular formula is C15H27NO3. The molecule has 0 aromatic rings. The topological polar surface area (TPSA) is 49.8 Å². The number of nitrogens with zero attached hydrogens (tertiary/aromatic N) is 1. The van der Waals surface area contributed by atoms with Gasteiger partial charge in [-0.1, -0.05) is 6.92 Å². The largest absolute Gasteiger partial charge is 0.481 e. The Morgan fingerprint density at radius 1 is 1.37 bits per heavy atom. The summed E-state index contributed by atoms with van der Waals surface area (Å²) in [6.45, 7) is 6.97. The van der Waals surface area contributed by atoms with Crippen molar-refractivity contribution in [3.8, 4) is 0 Å². The molecule has 1 aliphatic heterocycles. The fourth-order valence-electron chi connectivity index (χ4n) is 3.68. The zero-order valence-corrected chi connectivity index (χ0v) is 12.2. The molecule has 2 fully saturated rings. The van der Waals surface area contributed by atoms with Crippen LogP contribution >= 0.6 is 0 Å². The van der Waals surface area contributed by atoms with Crippen LogP contribution < -0.4 is 0 Å². The third-order valence-corrected chi connectivity index (χ3v) is 4.68. The van der Waals surface area contributed by atoms with Crippen molar-refractivity contribution >= 4 is 5.97 Å². The zero-order chi connectivity index (χ0) is 13.8. The van der Waals surface area contributed by atoms with Crippen molar-refractivity contribution in [3.05, 3.63) is 0 Å². The van der Waals surface area contributed by atoms with Crippen LogP contribution in [0.25, 0.3) is 0 Å². The summed E-state index contributed by atoms with van der Waals surface area (Å²) in [5, 5.41) is 9.44. The van der Waals surface area contributed by atoms with Gasteiger partial charge in [0.25, 0.3) is 0 Å². The quantitative estimate of drug-likeness (QED) is 0.851. The number of aliphatic carboxylic acids is 1. The lowest BCUT2D eigenvalue weighted by atomic mass is 9.77. The SMILES string of the molecule is CCOC1CCCN(C2CC(C)CCC2C(=O)O)C1. The summed E-state index contributed by atoms with van der Waals surface area (Å²) in [6, 6.07) is 0.213. The summed E-state index contributed by atoms with van der Waals surface area (Å²) in [5.74, 6) is -0.153. The number of likely N-dealkylation sites (tertiary alicyclic amines) is 1. The van der Waals surface area contributed by atoms with Gasteiger partial charge in [-0.3, -0.25) is 9.69 Å². The maximum Gasteiger partial charge on any atom is 0.308 e. The van der Waals surface area contributed by atoms with Gasteiger partial charge < -0.3 is 9.84 Å². The summed E-state index contributed by atoms with van der Waals surface area (Å²) >= 11 is 0. The minimum atomic E-state index is -0.615. The molecule has 19 heavy (non-hydrogen) atoms. The van der Waals surface area contributed by atoms with Gasteiger partial charge in [-0.15, -0.1) is 0 Å². The zero-order valence-electron chi connectivity index (χ0n) is 12.2. The third kappa shape index (κ3) is 3.69. The lowest BCUT2D eigenvalue weighted by Gasteiger charge is -2.43. The Hall–Kier alpha value is -0.610. The maximum absolute atomic E-state index is 11.5. The molecule has 0 spiro atoms. The Balaban J connectivity index is 2.01. The monoisotopic (exact) mass is 269 g/mol. The average molecular weight is 269 g/mol. The van der Waals surface area contributed by atoms with Crippen LogP contribution in [0.1, 0.15) is 46.0 Å². The van der Waals surface area contributed by atoms with Gasteiger partial charge in [0.15, 0.2) is 0 Å². The fraction of sp³-hybridized carbons (Fsp3) is 0.933. The first kappa shape index (κ1) is 14.8. The first-order valence-corrected chi connectivity index (χ1v) is 7.70. The highest BCUT2D eigenvalue weighted by Gasteiger charge is 2.38. The predicted molar refractivity (Wildman–Crippen MR) is 74.1 cm³/mol. The molecule has 2 rings (SSSR count). The second-order valence-corrected chi connectivity index (χ2v) is 6.14. The Kier molecular flexibility index (Phi) is 5.22. The van der Waals surface area contributed by atoms with E-state index in [0.717, 1.165) is 51.8 Å². The molecule has 0 aromatic heterocycles. The molecule has 1 saturated carbocycles. The Labute approximate surface area is 116 Å². The van der Waals surface area contributed by atoms with Crippen LogP contribution in [0.3, 0.4) is 0 Å². The van der Waals surface area contributed by atoms with Crippen LogP contribution in [0.2, 0.25) is 0 Å². The second kappa shape index (κ2) is 6.71. The number of hydrogen-bond donors (Lipinski definition) is 1. The van der Waals surface area contributed by atoms with E-state index in [1.165, 1.54) is 0 Å². The number of carboxylic acid groups (broad SMARTS) is 1. The van der Waals surface area contributed by atoms with Crippen LogP contribution in [0.5, 0.6) is 0 Å². The van der Waals surface area contributed by atoms with Gasteiger partial charge >= 0.3 is 5.97 Å². The van der Waals surface area contributed by atoms with Gasteiger partial charge in [-0.25, -0.2) is 0 Å². The lowest BCUT2D eigenvalue weighted by Crippen LogP contribution is -2.52. The third-order valence-electron chi connectivity index (χ3n) is 4.68. The van der Waals surface area contributed by atoms with Crippen molar-refractivity contribution in [2.45, 2.75) is 58.1 Å². The molecule has 1 saturated heterocycles. The lowest BCUT2D eigenvalue weighted by molar-refractivity contribution is -0.147. The minimum Gasteiger partial charge on any atom is -0.481 e. The van der Waals surface area contributed by atoms with Gasteiger partial charge in [0.05, 0.1) is 12.0 Å². The van der Waals surface area contributed by atoms with E-state index in [1.54, 1.807) is 0 Å². The molecule has 0 radical (unpaired) electrons. The van der Waals surface area contributed by atoms with Gasteiger partial charge in [-0.2, -0.15) is 0 Å². The van der Waals surface area contributed by atoms with Crippen molar-refractivity contribution in [1.29, 1.82) is 0 Å². The van der Waals surface area contributed by atoms with Crippen LogP contribution in [-0.2, 0) is 9.53 Å². The van der Waals surface area contributed by atoms with Crippen LogP contribution in [-0.4, -0.2) is 47.8 Å². The van der Waals surface area contributed by atoms with Gasteiger partial charge in [-0.05, 0) is 51.5 Å². The molecule has 4 atom stereocenters. The Morgan fingerprint density at radius 2 is 2.16 bits per heavy atom. The molecule has 0 amide bonds. The van der Waals surface area contributed by atoms with Gasteiger partial charge in [0, 0.05) is 19.2 Å². The maximum atomic E-state index is 11.5. The highest BCUT2D eigenvalue weighted by Crippen LogP contribution is 2.34. The van der Waals surface area contributed by atoms with E-state index >= 15 is 0 Å². The number of piperidine rings is 1. The first-order chi connectivity index (χ1) is 9.11. The van der Waals surface area contributed by atoms with E-state index in [9.17, 15) is 9.90 Å². The minimum absolute atomic E-state index is 0.184. The number of carboxylic acids is 1. The van der Waals surface area contributed by atoms with Gasteiger partial charge in [0.1, 0.15) is 0 Å². The van der Waals surface area contributed by atoms with Crippen molar-refractivity contribution in [2.75, 3.05) is 19.7 Å². The van der Waals surface area contributed by atoms with Gasteiger partial charge in [0.2, 0.25) is 0 Å². The molecule has 110 valence electrons. The van der Waals surface area contributed by atoms with Crippen molar-refractivity contribution in [3.63, 3.8) is 0 Å². The highest BCUT2D eigenvalue weighted by atomic mass is 16.5. The van der Waals surface area contributed by atoms with Crippen LogP contribution in [0, 0.1) is 11.8 Å². The molecule has 1 N–H and O–H groups in total. The molecular weight excluding hydrogens is 242 g/mol. The number of rotatable bonds is 4. The molecule has 4 heteroatoms. The summed E-state index contributed by atoms with van der Waals surface area (Å²) in [4.78, 5) is 13.9. The van der Waals surface area contributed by atoms with E-state index in [4.69, 9.17) is 4.74 Å². The first-order valence-electron chi connectivity index (χ1n) is 7.70. The molecule has 0 aromatic carbocycles. The molecule has 0 bridgehead atoms. The standard InChI is InChI=1S/C15H27NO3/c1-3-19-12-5-4-8-16(10-12)14-9-11(2)6-7-13(14)15(17)18/h11-14H,3-10H2,1-2H3,(H,17,18). The van der Waals surface area contributed by atoms with Crippen LogP contribution in [0.4, 0.5) is 0 Å². The summed E-state index contributed by atoms with van der Waals surface area (Å²) in [5.41, 5.74) is 0. The van der Waals surface area contributed by atoms with E-state index in [0.29, 0.717) is 12.0 Å². The van der Waals surface area contributed by atoms with E-state index in [-0.39, 0.29) is 12.0 Å². The predicted octanol–water partition coefficient (Wildman–Crippen LogP) is 2.38. The number of hydrogen-bond acceptors (Lipinski definition) is 3. The Bertz CT molecular complexity index is 306. The molecule has 1 aliphatic carbocycles. The van der Waals surface area contributed by atoms with E-state index in [2.05, 4.69) is 11.8 Å². The summed E-state index contributed by atoms with van der Waals surface area (Å²) in [7, 11) is 0. The highest BCUT2D eigenvalue weighted by molar-refractivity contribution is 5.71. The van der Waals surface area contributed by atoms with Crippen molar-refractivity contribution < 1.29 is 14.6 Å². The van der Waals surface area contributed by atoms with Crippen molar-refractivity contribution in [2.24, 2.45) is 11.8 Å². The number of ether oxygens (including phenoxy) is 1.